The molecule has 266 valence electrons. The van der Waals surface area contributed by atoms with Gasteiger partial charge in [-0.05, 0) is 66.8 Å². The molecule has 0 amide bonds. The van der Waals surface area contributed by atoms with Crippen molar-refractivity contribution in [3.63, 3.8) is 0 Å². The number of hydrogen-bond donors (Lipinski definition) is 5. The van der Waals surface area contributed by atoms with E-state index in [1.165, 1.54) is 18.2 Å². The molecule has 0 aromatic heterocycles. The molecule has 4 rings (SSSR count). The first-order valence-electron chi connectivity index (χ1n) is 17.1. The summed E-state index contributed by atoms with van der Waals surface area (Å²) in [7, 11) is 0. The average molecular weight is 673 g/mol. The van der Waals surface area contributed by atoms with Crippen LogP contribution in [0.15, 0.2) is 36.4 Å². The van der Waals surface area contributed by atoms with Gasteiger partial charge in [-0.3, -0.25) is 9.59 Å². The van der Waals surface area contributed by atoms with E-state index in [4.69, 9.17) is 18.9 Å². The molecule has 2 aromatic rings. The predicted molar refractivity (Wildman–Crippen MR) is 177 cm³/mol. The number of carbonyl (C=O) groups is 2. The number of phenols is 1. The fourth-order valence-corrected chi connectivity index (χ4v) is 6.19. The summed E-state index contributed by atoms with van der Waals surface area (Å²) in [6.07, 6.45) is -1.90. The molecule has 2 aliphatic rings. The van der Waals surface area contributed by atoms with E-state index in [1.54, 1.807) is 25.1 Å². The Kier molecular flexibility index (Phi) is 13.7. The number of aryl methyl sites for hydroxylation is 1. The van der Waals surface area contributed by atoms with Gasteiger partial charge in [-0.2, -0.15) is 0 Å². The van der Waals surface area contributed by atoms with E-state index < -0.39 is 42.8 Å². The summed E-state index contributed by atoms with van der Waals surface area (Å²) in [5, 5.41) is 51.5. The van der Waals surface area contributed by atoms with Crippen molar-refractivity contribution >= 4 is 11.8 Å². The summed E-state index contributed by atoms with van der Waals surface area (Å²) in [5.74, 6) is 0.876. The quantitative estimate of drug-likeness (QED) is 0.156. The number of fused-ring (bicyclic) bond motifs is 1. The molecule has 2 aliphatic heterocycles. The van der Waals surface area contributed by atoms with Crippen LogP contribution in [0.1, 0.15) is 99.7 Å². The molecule has 2 aromatic carbocycles. The summed E-state index contributed by atoms with van der Waals surface area (Å²) >= 11 is 0. The Hall–Kier alpha value is -3.22. The third kappa shape index (κ3) is 10.1. The van der Waals surface area contributed by atoms with Crippen molar-refractivity contribution in [3.8, 4) is 17.2 Å². The number of hydrogen-bond acceptors (Lipinski definition) is 11. The summed E-state index contributed by atoms with van der Waals surface area (Å²) in [6.45, 7) is 7.94. The minimum absolute atomic E-state index is 0.0580. The zero-order valence-electron chi connectivity index (χ0n) is 28.4. The van der Waals surface area contributed by atoms with Crippen molar-refractivity contribution in [2.45, 2.75) is 116 Å². The first-order valence-corrected chi connectivity index (χ1v) is 17.1. The van der Waals surface area contributed by atoms with Crippen LogP contribution in [0.25, 0.3) is 0 Å². The SMILES string of the molecule is Cc1ccc(C2CC(=O)c3ccc(OC4OC(COC(=O)C[C@H](C)CCC[C@H](CO)CCCC(C)C)C(O)C(O)C4O)cc3O2)cc1O. The van der Waals surface area contributed by atoms with E-state index in [2.05, 4.69) is 13.8 Å². The van der Waals surface area contributed by atoms with Crippen molar-refractivity contribution in [1.82, 2.24) is 0 Å². The number of rotatable bonds is 16. The molecule has 11 heteroatoms. The van der Waals surface area contributed by atoms with Crippen molar-refractivity contribution in [2.75, 3.05) is 13.2 Å². The fourth-order valence-electron chi connectivity index (χ4n) is 6.19. The molecule has 48 heavy (non-hydrogen) atoms. The van der Waals surface area contributed by atoms with Gasteiger partial charge in [0.2, 0.25) is 6.29 Å². The lowest BCUT2D eigenvalue weighted by Gasteiger charge is -2.40. The van der Waals surface area contributed by atoms with Gasteiger partial charge in [0.15, 0.2) is 5.78 Å². The van der Waals surface area contributed by atoms with Gasteiger partial charge in [-0.1, -0.05) is 58.6 Å². The number of aromatic hydroxyl groups is 1. The lowest BCUT2D eigenvalue weighted by molar-refractivity contribution is -0.278. The van der Waals surface area contributed by atoms with Gasteiger partial charge < -0.3 is 44.5 Å². The Balaban J connectivity index is 1.28. The minimum atomic E-state index is -1.64. The Labute approximate surface area is 282 Å². The van der Waals surface area contributed by atoms with E-state index in [1.807, 2.05) is 6.92 Å². The van der Waals surface area contributed by atoms with Crippen LogP contribution in [0.3, 0.4) is 0 Å². The molecule has 11 nitrogen and oxygen atoms in total. The summed E-state index contributed by atoms with van der Waals surface area (Å²) in [6, 6.07) is 9.62. The minimum Gasteiger partial charge on any atom is -0.508 e. The van der Waals surface area contributed by atoms with Gasteiger partial charge in [-0.15, -0.1) is 0 Å². The van der Waals surface area contributed by atoms with Crippen LogP contribution < -0.4 is 9.47 Å². The van der Waals surface area contributed by atoms with Crippen LogP contribution >= 0.6 is 0 Å². The predicted octanol–water partition coefficient (Wildman–Crippen LogP) is 4.77. The number of benzene rings is 2. The number of aliphatic hydroxyl groups is 4. The lowest BCUT2D eigenvalue weighted by Crippen LogP contribution is -2.60. The fraction of sp³-hybridized carbons (Fsp3) is 0.622. The Morgan fingerprint density at radius 2 is 1.69 bits per heavy atom. The number of Topliss-reactive ketones (excluding diaryl/α,β-unsaturated/α-hetero) is 1. The molecule has 0 bridgehead atoms. The number of carbonyl (C=O) groups excluding carboxylic acids is 2. The van der Waals surface area contributed by atoms with Gasteiger partial charge >= 0.3 is 5.97 Å². The smallest absolute Gasteiger partial charge is 0.306 e. The van der Waals surface area contributed by atoms with Gasteiger partial charge in [-0.25, -0.2) is 0 Å². The van der Waals surface area contributed by atoms with Gasteiger partial charge in [0, 0.05) is 19.1 Å². The van der Waals surface area contributed by atoms with E-state index in [0.717, 1.165) is 38.5 Å². The second-order valence-electron chi connectivity index (χ2n) is 13.9. The average Bonchev–Trinajstić information content (AvgIpc) is 3.04. The van der Waals surface area contributed by atoms with Crippen molar-refractivity contribution in [1.29, 1.82) is 0 Å². The topological polar surface area (TPSA) is 172 Å². The molecule has 5 N–H and O–H groups in total. The zero-order valence-corrected chi connectivity index (χ0v) is 28.4. The van der Waals surface area contributed by atoms with E-state index in [9.17, 15) is 35.1 Å². The number of phenolic OH excluding ortho intramolecular Hbond substituents is 1. The van der Waals surface area contributed by atoms with Crippen LogP contribution in [0.4, 0.5) is 0 Å². The maximum Gasteiger partial charge on any atom is 0.306 e. The molecule has 0 spiro atoms. The molecule has 1 fully saturated rings. The third-order valence-electron chi connectivity index (χ3n) is 9.30. The molecular formula is C37H52O11. The summed E-state index contributed by atoms with van der Waals surface area (Å²) < 4.78 is 23.1. The highest BCUT2D eigenvalue weighted by Crippen LogP contribution is 2.39. The van der Waals surface area contributed by atoms with Crippen LogP contribution in [0.5, 0.6) is 17.2 Å². The Morgan fingerprint density at radius 3 is 2.38 bits per heavy atom. The maximum atomic E-state index is 12.9. The van der Waals surface area contributed by atoms with Gasteiger partial charge in [0.05, 0.1) is 12.0 Å². The van der Waals surface area contributed by atoms with Gasteiger partial charge in [0.1, 0.15) is 54.4 Å². The largest absolute Gasteiger partial charge is 0.508 e. The first-order chi connectivity index (χ1) is 22.9. The van der Waals surface area contributed by atoms with E-state index in [0.29, 0.717) is 22.6 Å². The molecule has 8 atom stereocenters. The second-order valence-corrected chi connectivity index (χ2v) is 13.9. The maximum absolute atomic E-state index is 12.9. The number of aliphatic hydroxyl groups excluding tert-OH is 4. The molecule has 2 heterocycles. The first kappa shape index (κ1) is 37.6. The summed E-state index contributed by atoms with van der Waals surface area (Å²) in [4.78, 5) is 25.5. The van der Waals surface area contributed by atoms with Crippen LogP contribution in [-0.4, -0.2) is 81.2 Å². The highest BCUT2D eigenvalue weighted by atomic mass is 16.7. The molecule has 1 saturated heterocycles. The zero-order chi connectivity index (χ0) is 35.0. The summed E-state index contributed by atoms with van der Waals surface area (Å²) in [5.41, 5.74) is 1.69. The number of esters is 1. The second kappa shape index (κ2) is 17.4. The van der Waals surface area contributed by atoms with Crippen LogP contribution in [0, 0.1) is 24.7 Å². The van der Waals surface area contributed by atoms with Crippen molar-refractivity contribution < 1.29 is 54.1 Å². The third-order valence-corrected chi connectivity index (χ3v) is 9.30. The molecule has 0 aliphatic carbocycles. The molecule has 6 unspecified atom stereocenters. The standard InChI is InChI=1S/C37H52O11/c1-21(2)7-5-9-24(19-38)10-6-8-22(3)15-33(41)45-20-32-34(42)35(43)36(44)37(48-32)46-26-13-14-27-29(40)18-30(47-31(27)17-26)25-12-11-23(4)28(39)16-25/h11-14,16-17,21-22,24,30,32,34-39,42-44H,5-10,15,18-20H2,1-4H3/t22-,24-,30?,32?,34?,35?,36?,37?/m1/s1. The van der Waals surface area contributed by atoms with E-state index >= 15 is 0 Å². The van der Waals surface area contributed by atoms with Gasteiger partial charge in [0.25, 0.3) is 0 Å². The van der Waals surface area contributed by atoms with Crippen LogP contribution in [0.2, 0.25) is 0 Å². The van der Waals surface area contributed by atoms with Crippen LogP contribution in [-0.2, 0) is 14.3 Å². The monoisotopic (exact) mass is 672 g/mol. The normalized spacial score (nSPS) is 25.2. The lowest BCUT2D eigenvalue weighted by atomic mass is 9.92. The highest BCUT2D eigenvalue weighted by Gasteiger charge is 2.45. The van der Waals surface area contributed by atoms with Crippen molar-refractivity contribution in [2.24, 2.45) is 17.8 Å². The highest BCUT2D eigenvalue weighted by molar-refractivity contribution is 6.00. The van der Waals surface area contributed by atoms with Crippen molar-refractivity contribution in [3.05, 3.63) is 53.1 Å². The number of ether oxygens (including phenoxy) is 4. The Bertz CT molecular complexity index is 1360. The Morgan fingerprint density at radius 1 is 0.958 bits per heavy atom. The molecule has 0 saturated carbocycles. The van der Waals surface area contributed by atoms with E-state index in [-0.39, 0.29) is 60.9 Å². The molecule has 0 radical (unpaired) electrons. The number of ketones is 1. The molecular weight excluding hydrogens is 620 g/mol.